The molecule has 1 aliphatic rings. The Morgan fingerprint density at radius 1 is 1.00 bits per heavy atom. The summed E-state index contributed by atoms with van der Waals surface area (Å²) >= 11 is 0. The van der Waals surface area contributed by atoms with Crippen LogP contribution in [0.3, 0.4) is 0 Å². The lowest BCUT2D eigenvalue weighted by Gasteiger charge is -2.28. The molecule has 0 radical (unpaired) electrons. The highest BCUT2D eigenvalue weighted by Crippen LogP contribution is 2.37. The summed E-state index contributed by atoms with van der Waals surface area (Å²) in [6, 6.07) is 19.4. The van der Waals surface area contributed by atoms with Gasteiger partial charge in [-0.15, -0.1) is 0 Å². The van der Waals surface area contributed by atoms with Gasteiger partial charge in [-0.3, -0.25) is 9.69 Å². The van der Waals surface area contributed by atoms with E-state index in [4.69, 9.17) is 4.74 Å². The third-order valence-electron chi connectivity index (χ3n) is 6.96. The number of hydrogen-bond donors (Lipinski definition) is 0. The number of halogens is 4. The summed E-state index contributed by atoms with van der Waals surface area (Å²) in [6.45, 7) is 3.52. The molecule has 1 amide bonds. The van der Waals surface area contributed by atoms with Crippen LogP contribution in [0.25, 0.3) is 0 Å². The largest absolute Gasteiger partial charge is 0.497 e. The molecule has 0 aromatic heterocycles. The van der Waals surface area contributed by atoms with Gasteiger partial charge in [0, 0.05) is 45.6 Å². The van der Waals surface area contributed by atoms with Gasteiger partial charge in [0.05, 0.1) is 12.7 Å². The van der Waals surface area contributed by atoms with E-state index in [9.17, 15) is 22.4 Å². The minimum absolute atomic E-state index is 0.00390. The predicted octanol–water partition coefficient (Wildman–Crippen LogP) is 6.12. The van der Waals surface area contributed by atoms with Crippen LogP contribution in [0.2, 0.25) is 0 Å². The number of rotatable bonds is 8. The molecule has 0 spiro atoms. The van der Waals surface area contributed by atoms with E-state index in [0.29, 0.717) is 26.2 Å². The van der Waals surface area contributed by atoms with Crippen molar-refractivity contribution in [2.45, 2.75) is 32.1 Å². The molecule has 37 heavy (non-hydrogen) atoms. The van der Waals surface area contributed by atoms with Crippen molar-refractivity contribution in [3.05, 3.63) is 101 Å². The molecule has 1 fully saturated rings. The number of carbonyl (C=O) groups is 1. The number of hydrogen-bond acceptors (Lipinski definition) is 3. The second-order valence-electron chi connectivity index (χ2n) is 9.51. The Hall–Kier alpha value is -3.39. The maximum absolute atomic E-state index is 13.6. The van der Waals surface area contributed by atoms with Crippen LogP contribution in [0.1, 0.15) is 35.1 Å². The second kappa shape index (κ2) is 11.3. The zero-order valence-electron chi connectivity index (χ0n) is 20.8. The van der Waals surface area contributed by atoms with Crippen molar-refractivity contribution in [3.63, 3.8) is 0 Å². The summed E-state index contributed by atoms with van der Waals surface area (Å²) in [5.41, 5.74) is 1.47. The fraction of sp³-hybridized carbons (Fsp3) is 0.345. The van der Waals surface area contributed by atoms with Crippen molar-refractivity contribution in [1.29, 1.82) is 0 Å². The Bertz CT molecular complexity index is 1200. The standard InChI is InChI=1S/C29H30F4N2O2/c1-20(36)35(15-21-7-11-25(30)12-8-21)18-24-17-34(16-23-5-3-4-6-28(23)29(31,32)33)19-27(24)22-9-13-26(37-2)14-10-22/h3-14,24,27H,15-19H2,1-2H3. The van der Waals surface area contributed by atoms with Crippen LogP contribution in [-0.4, -0.2) is 42.5 Å². The number of carbonyl (C=O) groups excluding carboxylic acids is 1. The number of amides is 1. The number of benzene rings is 3. The van der Waals surface area contributed by atoms with E-state index in [-0.39, 0.29) is 35.7 Å². The highest BCUT2D eigenvalue weighted by atomic mass is 19.4. The van der Waals surface area contributed by atoms with E-state index in [2.05, 4.69) is 0 Å². The molecule has 2 unspecified atom stereocenters. The summed E-state index contributed by atoms with van der Waals surface area (Å²) in [6.07, 6.45) is -4.42. The quantitative estimate of drug-likeness (QED) is 0.340. The van der Waals surface area contributed by atoms with Gasteiger partial charge < -0.3 is 9.64 Å². The van der Waals surface area contributed by atoms with E-state index >= 15 is 0 Å². The molecule has 4 nitrogen and oxygen atoms in total. The first-order chi connectivity index (χ1) is 17.6. The van der Waals surface area contributed by atoms with Gasteiger partial charge in [0.15, 0.2) is 0 Å². The molecular formula is C29H30F4N2O2. The van der Waals surface area contributed by atoms with Crippen molar-refractivity contribution in [1.82, 2.24) is 9.80 Å². The Kier molecular flexibility index (Phi) is 8.17. The summed E-state index contributed by atoms with van der Waals surface area (Å²) in [5, 5.41) is 0. The van der Waals surface area contributed by atoms with E-state index in [1.807, 2.05) is 29.2 Å². The molecule has 8 heteroatoms. The molecule has 2 atom stereocenters. The first-order valence-corrected chi connectivity index (χ1v) is 12.2. The van der Waals surface area contributed by atoms with Crippen molar-refractivity contribution in [2.24, 2.45) is 5.92 Å². The third kappa shape index (κ3) is 6.68. The second-order valence-corrected chi connectivity index (χ2v) is 9.51. The molecule has 0 aliphatic carbocycles. The summed E-state index contributed by atoms with van der Waals surface area (Å²) in [4.78, 5) is 16.3. The molecule has 196 valence electrons. The lowest BCUT2D eigenvalue weighted by atomic mass is 9.88. The van der Waals surface area contributed by atoms with Gasteiger partial charge in [-0.05, 0) is 52.9 Å². The molecule has 1 saturated heterocycles. The normalized spacial score (nSPS) is 18.1. The van der Waals surface area contributed by atoms with Crippen molar-refractivity contribution >= 4 is 5.91 Å². The molecule has 0 saturated carbocycles. The maximum Gasteiger partial charge on any atom is 0.416 e. The molecule has 1 aliphatic heterocycles. The Balaban J connectivity index is 1.58. The SMILES string of the molecule is COc1ccc(C2CN(Cc3ccccc3C(F)(F)F)CC2CN(Cc2ccc(F)cc2)C(C)=O)cc1. The number of likely N-dealkylation sites (tertiary alicyclic amines) is 1. The zero-order chi connectivity index (χ0) is 26.6. The fourth-order valence-corrected chi connectivity index (χ4v) is 5.08. The first-order valence-electron chi connectivity index (χ1n) is 12.2. The third-order valence-corrected chi connectivity index (χ3v) is 6.96. The van der Waals surface area contributed by atoms with Gasteiger partial charge in [0.1, 0.15) is 11.6 Å². The Morgan fingerprint density at radius 2 is 1.68 bits per heavy atom. The first kappa shape index (κ1) is 26.7. The number of nitrogens with zero attached hydrogens (tertiary/aromatic N) is 2. The molecule has 0 bridgehead atoms. The monoisotopic (exact) mass is 514 g/mol. The minimum Gasteiger partial charge on any atom is -0.497 e. The highest BCUT2D eigenvalue weighted by Gasteiger charge is 2.38. The van der Waals surface area contributed by atoms with Crippen LogP contribution < -0.4 is 4.74 Å². The number of alkyl halides is 3. The van der Waals surface area contributed by atoms with Crippen molar-refractivity contribution in [2.75, 3.05) is 26.7 Å². The summed E-state index contributed by atoms with van der Waals surface area (Å²) in [7, 11) is 1.59. The maximum atomic E-state index is 13.6. The summed E-state index contributed by atoms with van der Waals surface area (Å²) in [5.74, 6) is 0.271. The zero-order valence-corrected chi connectivity index (χ0v) is 20.8. The van der Waals surface area contributed by atoms with Crippen LogP contribution in [0.5, 0.6) is 5.75 Å². The van der Waals surface area contributed by atoms with Crippen LogP contribution in [0.15, 0.2) is 72.8 Å². The topological polar surface area (TPSA) is 32.8 Å². The van der Waals surface area contributed by atoms with Gasteiger partial charge in [-0.2, -0.15) is 13.2 Å². The van der Waals surface area contributed by atoms with Crippen LogP contribution in [0.4, 0.5) is 17.6 Å². The van der Waals surface area contributed by atoms with Gasteiger partial charge in [-0.1, -0.05) is 42.5 Å². The van der Waals surface area contributed by atoms with E-state index < -0.39 is 11.7 Å². The van der Waals surface area contributed by atoms with Gasteiger partial charge in [-0.25, -0.2) is 4.39 Å². The number of ether oxygens (including phenoxy) is 1. The Labute approximate surface area is 214 Å². The van der Waals surface area contributed by atoms with Crippen molar-refractivity contribution in [3.8, 4) is 5.75 Å². The van der Waals surface area contributed by atoms with Crippen LogP contribution in [0, 0.1) is 11.7 Å². The molecular weight excluding hydrogens is 484 g/mol. The summed E-state index contributed by atoms with van der Waals surface area (Å²) < 4.78 is 59.5. The Morgan fingerprint density at radius 3 is 2.30 bits per heavy atom. The van der Waals surface area contributed by atoms with Crippen LogP contribution in [-0.2, 0) is 24.1 Å². The van der Waals surface area contributed by atoms with Crippen molar-refractivity contribution < 1.29 is 27.1 Å². The highest BCUT2D eigenvalue weighted by molar-refractivity contribution is 5.73. The number of methoxy groups -OCH3 is 1. The van der Waals surface area contributed by atoms with E-state index in [0.717, 1.165) is 22.9 Å². The van der Waals surface area contributed by atoms with Gasteiger partial charge >= 0.3 is 6.18 Å². The lowest BCUT2D eigenvalue weighted by Crippen LogP contribution is -2.35. The van der Waals surface area contributed by atoms with Crippen LogP contribution >= 0.6 is 0 Å². The predicted molar refractivity (Wildman–Crippen MR) is 133 cm³/mol. The lowest BCUT2D eigenvalue weighted by molar-refractivity contribution is -0.138. The molecule has 3 aromatic carbocycles. The molecule has 1 heterocycles. The van der Waals surface area contributed by atoms with E-state index in [1.165, 1.54) is 31.2 Å². The molecule has 0 N–H and O–H groups in total. The van der Waals surface area contributed by atoms with Gasteiger partial charge in [0.25, 0.3) is 0 Å². The average molecular weight is 515 g/mol. The fourth-order valence-electron chi connectivity index (χ4n) is 5.08. The molecule has 4 rings (SSSR count). The smallest absolute Gasteiger partial charge is 0.416 e. The van der Waals surface area contributed by atoms with E-state index in [1.54, 1.807) is 30.2 Å². The van der Waals surface area contributed by atoms with Gasteiger partial charge in [0.2, 0.25) is 5.91 Å². The average Bonchev–Trinajstić information content (AvgIpc) is 3.26. The minimum atomic E-state index is -4.42. The molecule has 3 aromatic rings.